The smallest absolute Gasteiger partial charge is 0.252 e. The van der Waals surface area contributed by atoms with Crippen LogP contribution in [0.1, 0.15) is 43.0 Å². The van der Waals surface area contributed by atoms with Crippen molar-refractivity contribution in [1.29, 1.82) is 0 Å². The Morgan fingerprint density at radius 3 is 2.79 bits per heavy atom. The molecule has 1 saturated carbocycles. The van der Waals surface area contributed by atoms with Gasteiger partial charge >= 0.3 is 0 Å². The minimum Gasteiger partial charge on any atom is -0.349 e. The van der Waals surface area contributed by atoms with Crippen molar-refractivity contribution in [3.05, 3.63) is 17.0 Å². The Balaban J connectivity index is 2.02. The van der Waals surface area contributed by atoms with Gasteiger partial charge in [0.25, 0.3) is 5.91 Å². The van der Waals surface area contributed by atoms with Crippen LogP contribution in [0.4, 0.5) is 0 Å². The van der Waals surface area contributed by atoms with Crippen LogP contribution in [0.2, 0.25) is 0 Å². The maximum absolute atomic E-state index is 12.0. The number of sulfonamides is 1. The molecule has 5 nitrogen and oxygen atoms in total. The van der Waals surface area contributed by atoms with E-state index < -0.39 is 10.0 Å². The van der Waals surface area contributed by atoms with E-state index >= 15 is 0 Å². The molecule has 3 N–H and O–H groups in total. The maximum Gasteiger partial charge on any atom is 0.252 e. The average molecular weight is 302 g/mol. The Labute approximate surface area is 117 Å². The highest BCUT2D eigenvalue weighted by molar-refractivity contribution is 7.91. The van der Waals surface area contributed by atoms with Gasteiger partial charge in [-0.15, -0.1) is 11.3 Å². The average Bonchev–Trinajstić information content (AvgIpc) is 2.77. The number of hydrogen-bond acceptors (Lipinski definition) is 4. The second-order valence-electron chi connectivity index (χ2n) is 5.14. The van der Waals surface area contributed by atoms with Gasteiger partial charge in [0.2, 0.25) is 10.0 Å². The fourth-order valence-electron chi connectivity index (χ4n) is 2.42. The van der Waals surface area contributed by atoms with E-state index in [0.717, 1.165) is 30.6 Å². The summed E-state index contributed by atoms with van der Waals surface area (Å²) in [7, 11) is -3.72. The largest absolute Gasteiger partial charge is 0.349 e. The van der Waals surface area contributed by atoms with Crippen molar-refractivity contribution < 1.29 is 13.2 Å². The second kappa shape index (κ2) is 5.60. The number of carbonyl (C=O) groups is 1. The highest BCUT2D eigenvalue weighted by Gasteiger charge is 2.22. The lowest BCUT2D eigenvalue weighted by Crippen LogP contribution is -2.37. The summed E-state index contributed by atoms with van der Waals surface area (Å²) in [5.74, 6) is 0.409. The third kappa shape index (κ3) is 3.77. The van der Waals surface area contributed by atoms with Crippen LogP contribution in [0.25, 0.3) is 0 Å². The summed E-state index contributed by atoms with van der Waals surface area (Å²) < 4.78 is 22.3. The molecule has 1 aromatic rings. The van der Waals surface area contributed by atoms with E-state index in [1.165, 1.54) is 17.9 Å². The molecule has 0 radical (unpaired) electrons. The predicted octanol–water partition coefficient (Wildman–Crippen LogP) is 1.70. The molecule has 2 rings (SSSR count). The van der Waals surface area contributed by atoms with Gasteiger partial charge in [0, 0.05) is 11.4 Å². The summed E-state index contributed by atoms with van der Waals surface area (Å²) in [6.07, 6.45) is 4.30. The minimum absolute atomic E-state index is 0.0228. The Kier molecular flexibility index (Phi) is 4.27. The molecular formula is C12H18N2O3S2. The van der Waals surface area contributed by atoms with Crippen molar-refractivity contribution in [2.45, 2.75) is 42.9 Å². The van der Waals surface area contributed by atoms with Gasteiger partial charge in [0.15, 0.2) is 0 Å². The van der Waals surface area contributed by atoms with Gasteiger partial charge in [0.05, 0.1) is 5.56 Å². The van der Waals surface area contributed by atoms with Gasteiger partial charge in [-0.05, 0) is 24.8 Å². The third-order valence-electron chi connectivity index (χ3n) is 3.39. The predicted molar refractivity (Wildman–Crippen MR) is 74.6 cm³/mol. The fraction of sp³-hybridized carbons (Fsp3) is 0.583. The highest BCUT2D eigenvalue weighted by Crippen LogP contribution is 2.24. The second-order valence-corrected chi connectivity index (χ2v) is 7.84. The van der Waals surface area contributed by atoms with E-state index in [1.807, 2.05) is 0 Å². The van der Waals surface area contributed by atoms with Crippen LogP contribution >= 0.6 is 11.3 Å². The van der Waals surface area contributed by atoms with Gasteiger partial charge < -0.3 is 5.32 Å². The molecule has 2 unspecified atom stereocenters. The molecule has 106 valence electrons. The number of hydrogen-bond donors (Lipinski definition) is 2. The van der Waals surface area contributed by atoms with Crippen molar-refractivity contribution in [3.63, 3.8) is 0 Å². The van der Waals surface area contributed by atoms with Crippen LogP contribution in [0.3, 0.4) is 0 Å². The highest BCUT2D eigenvalue weighted by atomic mass is 32.2. The maximum atomic E-state index is 12.0. The van der Waals surface area contributed by atoms with Crippen molar-refractivity contribution in [2.75, 3.05) is 0 Å². The molecule has 1 aromatic heterocycles. The van der Waals surface area contributed by atoms with E-state index in [-0.39, 0.29) is 16.2 Å². The first-order chi connectivity index (χ1) is 8.86. The van der Waals surface area contributed by atoms with Crippen LogP contribution in [0, 0.1) is 5.92 Å². The van der Waals surface area contributed by atoms with Crippen molar-refractivity contribution in [1.82, 2.24) is 5.32 Å². The molecule has 0 aromatic carbocycles. The number of primary sulfonamides is 1. The topological polar surface area (TPSA) is 89.3 Å². The molecule has 7 heteroatoms. The molecule has 0 spiro atoms. The molecule has 2 atom stereocenters. The van der Waals surface area contributed by atoms with E-state index in [0.29, 0.717) is 11.5 Å². The Bertz CT molecular complexity index is 565. The third-order valence-corrected chi connectivity index (χ3v) is 5.78. The van der Waals surface area contributed by atoms with Gasteiger partial charge in [0.1, 0.15) is 4.21 Å². The lowest BCUT2D eigenvalue weighted by molar-refractivity contribution is 0.0921. The molecule has 1 aliphatic rings. The lowest BCUT2D eigenvalue weighted by Gasteiger charge is -2.27. The number of carbonyl (C=O) groups excluding carboxylic acids is 1. The standard InChI is InChI=1S/C12H18N2O3S2/c1-8-3-2-4-10(5-8)14-12(15)9-6-11(18-7-9)19(13,16)17/h6-8,10H,2-5H2,1H3,(H,14,15)(H2,13,16,17). The molecule has 1 aliphatic carbocycles. The monoisotopic (exact) mass is 302 g/mol. The molecular weight excluding hydrogens is 284 g/mol. The summed E-state index contributed by atoms with van der Waals surface area (Å²) >= 11 is 0.974. The Hall–Kier alpha value is -0.920. The van der Waals surface area contributed by atoms with Crippen molar-refractivity contribution in [3.8, 4) is 0 Å². The Morgan fingerprint density at radius 2 is 2.21 bits per heavy atom. The fourth-order valence-corrected chi connectivity index (χ4v) is 4.00. The summed E-state index contributed by atoms with van der Waals surface area (Å²) in [6, 6.07) is 1.52. The SMILES string of the molecule is CC1CCCC(NC(=O)c2csc(S(N)(=O)=O)c2)C1. The van der Waals surface area contributed by atoms with Crippen LogP contribution in [-0.2, 0) is 10.0 Å². The van der Waals surface area contributed by atoms with Crippen molar-refractivity contribution in [2.24, 2.45) is 11.1 Å². The molecule has 0 aliphatic heterocycles. The molecule has 19 heavy (non-hydrogen) atoms. The molecule has 1 amide bonds. The Morgan fingerprint density at radius 1 is 1.47 bits per heavy atom. The number of thiophene rings is 1. The summed E-state index contributed by atoms with van der Waals surface area (Å²) in [6.45, 7) is 2.18. The quantitative estimate of drug-likeness (QED) is 0.890. The van der Waals surface area contributed by atoms with E-state index in [9.17, 15) is 13.2 Å². The van der Waals surface area contributed by atoms with E-state index in [4.69, 9.17) is 5.14 Å². The molecule has 1 heterocycles. The zero-order valence-corrected chi connectivity index (χ0v) is 12.4. The van der Waals surface area contributed by atoms with Gasteiger partial charge in [-0.3, -0.25) is 4.79 Å². The van der Waals surface area contributed by atoms with Gasteiger partial charge in [-0.2, -0.15) is 0 Å². The van der Waals surface area contributed by atoms with E-state index in [1.54, 1.807) is 0 Å². The lowest BCUT2D eigenvalue weighted by atomic mass is 9.87. The first kappa shape index (κ1) is 14.5. The summed E-state index contributed by atoms with van der Waals surface area (Å²) in [4.78, 5) is 12.0. The van der Waals surface area contributed by atoms with Gasteiger partial charge in [-0.25, -0.2) is 13.6 Å². The first-order valence-electron chi connectivity index (χ1n) is 6.28. The summed E-state index contributed by atoms with van der Waals surface area (Å²) in [5, 5.41) is 9.52. The molecule has 0 bridgehead atoms. The summed E-state index contributed by atoms with van der Waals surface area (Å²) in [5.41, 5.74) is 0.368. The molecule has 0 saturated heterocycles. The first-order valence-corrected chi connectivity index (χ1v) is 8.71. The number of nitrogens with one attached hydrogen (secondary N) is 1. The zero-order valence-electron chi connectivity index (χ0n) is 10.8. The molecule has 1 fully saturated rings. The van der Waals surface area contributed by atoms with Crippen LogP contribution < -0.4 is 10.5 Å². The van der Waals surface area contributed by atoms with Crippen molar-refractivity contribution >= 4 is 27.3 Å². The minimum atomic E-state index is -3.72. The van der Waals surface area contributed by atoms with Crippen LogP contribution in [0.15, 0.2) is 15.7 Å². The van der Waals surface area contributed by atoms with Crippen LogP contribution in [0.5, 0.6) is 0 Å². The number of amides is 1. The zero-order chi connectivity index (χ0) is 14.0. The van der Waals surface area contributed by atoms with Crippen LogP contribution in [-0.4, -0.2) is 20.4 Å². The van der Waals surface area contributed by atoms with E-state index in [2.05, 4.69) is 12.2 Å². The number of rotatable bonds is 3. The van der Waals surface area contributed by atoms with Gasteiger partial charge in [-0.1, -0.05) is 19.8 Å². The number of nitrogens with two attached hydrogens (primary N) is 1. The normalized spacial score (nSPS) is 24.1.